The third-order valence-electron chi connectivity index (χ3n) is 4.76. The average Bonchev–Trinajstić information content (AvgIpc) is 2.95. The van der Waals surface area contributed by atoms with Crippen molar-refractivity contribution in [3.63, 3.8) is 0 Å². The molecule has 1 amide bonds. The maximum Gasteiger partial charge on any atom is 0.269 e. The van der Waals surface area contributed by atoms with E-state index in [1.807, 2.05) is 38.1 Å². The minimum Gasteiger partial charge on any atom is -0.872 e. The minimum absolute atomic E-state index is 0.0959. The molecule has 150 valence electrons. The van der Waals surface area contributed by atoms with Gasteiger partial charge in [0.2, 0.25) is 0 Å². The lowest BCUT2D eigenvalue weighted by atomic mass is 10.1. The number of carbonyl (C=O) groups is 1. The van der Waals surface area contributed by atoms with Crippen LogP contribution in [0.25, 0.3) is 0 Å². The van der Waals surface area contributed by atoms with E-state index < -0.39 is 4.92 Å². The molecule has 1 heterocycles. The third kappa shape index (κ3) is 4.43. The molecule has 0 aliphatic carbocycles. The lowest BCUT2D eigenvalue weighted by Gasteiger charge is -2.14. The summed E-state index contributed by atoms with van der Waals surface area (Å²) in [7, 11) is 0. The van der Waals surface area contributed by atoms with Crippen molar-refractivity contribution in [3.05, 3.63) is 86.2 Å². The fraction of sp³-hybridized carbons (Fsp3) is 0.238. The Kier molecular flexibility index (Phi) is 5.63. The molecule has 0 aliphatic heterocycles. The van der Waals surface area contributed by atoms with E-state index in [-0.39, 0.29) is 29.5 Å². The van der Waals surface area contributed by atoms with E-state index in [1.54, 1.807) is 11.6 Å². The zero-order valence-electron chi connectivity index (χ0n) is 16.4. The van der Waals surface area contributed by atoms with E-state index in [0.29, 0.717) is 23.5 Å². The van der Waals surface area contributed by atoms with Crippen LogP contribution in [0, 0.1) is 30.9 Å². The number of nitro groups is 1. The molecule has 0 fully saturated rings. The van der Waals surface area contributed by atoms with Gasteiger partial charge in [0.1, 0.15) is 0 Å². The molecule has 3 rings (SSSR count). The van der Waals surface area contributed by atoms with Crippen LogP contribution in [0.15, 0.2) is 42.5 Å². The van der Waals surface area contributed by atoms with Crippen molar-refractivity contribution in [1.29, 1.82) is 0 Å². The Bertz CT molecular complexity index is 1070. The van der Waals surface area contributed by atoms with Gasteiger partial charge in [-0.05, 0) is 31.9 Å². The Hall–Kier alpha value is -3.68. The van der Waals surface area contributed by atoms with Gasteiger partial charge in [0, 0.05) is 24.4 Å². The number of rotatable bonds is 6. The van der Waals surface area contributed by atoms with Gasteiger partial charge in [-0.25, -0.2) is 0 Å². The van der Waals surface area contributed by atoms with E-state index in [4.69, 9.17) is 0 Å². The number of amides is 1. The maximum absolute atomic E-state index is 12.7. The first kappa shape index (κ1) is 20.1. The molecule has 29 heavy (non-hydrogen) atoms. The number of aryl methyl sites for hydroxylation is 2. The second-order valence-corrected chi connectivity index (χ2v) is 6.92. The molecule has 1 N–H and O–H groups in total. The van der Waals surface area contributed by atoms with Gasteiger partial charge in [0.15, 0.2) is 0 Å². The van der Waals surface area contributed by atoms with Crippen LogP contribution in [0.5, 0.6) is 5.75 Å². The van der Waals surface area contributed by atoms with Crippen LogP contribution >= 0.6 is 0 Å². The van der Waals surface area contributed by atoms with Crippen molar-refractivity contribution < 1.29 is 14.8 Å². The van der Waals surface area contributed by atoms with Crippen molar-refractivity contribution in [2.75, 3.05) is 0 Å². The van der Waals surface area contributed by atoms with E-state index in [1.165, 1.54) is 11.6 Å². The van der Waals surface area contributed by atoms with Gasteiger partial charge in [-0.15, -0.1) is 5.75 Å². The van der Waals surface area contributed by atoms with Crippen molar-refractivity contribution in [2.45, 2.75) is 33.9 Å². The first-order valence-electron chi connectivity index (χ1n) is 9.08. The zero-order valence-corrected chi connectivity index (χ0v) is 16.4. The smallest absolute Gasteiger partial charge is 0.269 e. The van der Waals surface area contributed by atoms with Crippen LogP contribution in [-0.2, 0) is 13.1 Å². The molecule has 8 heteroatoms. The van der Waals surface area contributed by atoms with Crippen LogP contribution in [0.3, 0.4) is 0 Å². The Morgan fingerprint density at radius 3 is 2.48 bits per heavy atom. The Morgan fingerprint density at radius 2 is 1.83 bits per heavy atom. The van der Waals surface area contributed by atoms with E-state index in [2.05, 4.69) is 10.4 Å². The SMILES string of the molecule is Cc1ccc(Cn2nc(C)c(C(=O)NCc3cc([N+](=O)[O-])ccc3[O-])c2C)cc1. The summed E-state index contributed by atoms with van der Waals surface area (Å²) in [6.07, 6.45) is 0. The molecule has 0 aliphatic rings. The fourth-order valence-electron chi connectivity index (χ4n) is 3.13. The molecular formula is C21H21N4O4-. The number of benzene rings is 2. The summed E-state index contributed by atoms with van der Waals surface area (Å²) in [4.78, 5) is 23.0. The molecule has 0 saturated heterocycles. The normalized spacial score (nSPS) is 10.7. The maximum atomic E-state index is 12.7. The summed E-state index contributed by atoms with van der Waals surface area (Å²) < 4.78 is 1.77. The standard InChI is InChI=1S/C21H22N4O4/c1-13-4-6-16(7-5-13)12-24-15(3)20(14(2)23-24)21(27)22-11-17-10-18(25(28)29)8-9-19(17)26/h4-10,26H,11-12H2,1-3H3,(H,22,27)/p-1. The van der Waals surface area contributed by atoms with Gasteiger partial charge in [-0.2, -0.15) is 5.10 Å². The topological polar surface area (TPSA) is 113 Å². The molecule has 0 bridgehead atoms. The molecule has 0 spiro atoms. The lowest BCUT2D eigenvalue weighted by molar-refractivity contribution is -0.385. The summed E-state index contributed by atoms with van der Waals surface area (Å²) in [6, 6.07) is 11.5. The number of aromatic nitrogens is 2. The highest BCUT2D eigenvalue weighted by Gasteiger charge is 2.19. The van der Waals surface area contributed by atoms with Crippen molar-refractivity contribution in [3.8, 4) is 5.75 Å². The van der Waals surface area contributed by atoms with Gasteiger partial charge < -0.3 is 10.4 Å². The van der Waals surface area contributed by atoms with Crippen LogP contribution in [-0.4, -0.2) is 20.6 Å². The quantitative estimate of drug-likeness (QED) is 0.511. The predicted molar refractivity (Wildman–Crippen MR) is 106 cm³/mol. The minimum atomic E-state index is -0.575. The third-order valence-corrected chi connectivity index (χ3v) is 4.76. The highest BCUT2D eigenvalue weighted by molar-refractivity contribution is 5.96. The summed E-state index contributed by atoms with van der Waals surface area (Å²) in [5.41, 5.74) is 3.94. The molecule has 0 atom stereocenters. The lowest BCUT2D eigenvalue weighted by Crippen LogP contribution is -2.24. The van der Waals surface area contributed by atoms with Crippen LogP contribution in [0.1, 0.15) is 38.4 Å². The number of hydrogen-bond acceptors (Lipinski definition) is 5. The number of nitrogens with one attached hydrogen (secondary N) is 1. The summed E-state index contributed by atoms with van der Waals surface area (Å²) in [6.45, 7) is 6.02. The summed E-state index contributed by atoms with van der Waals surface area (Å²) >= 11 is 0. The molecule has 1 aromatic heterocycles. The highest BCUT2D eigenvalue weighted by atomic mass is 16.6. The van der Waals surface area contributed by atoms with Gasteiger partial charge in [-0.3, -0.25) is 19.6 Å². The van der Waals surface area contributed by atoms with Gasteiger partial charge in [-0.1, -0.05) is 35.9 Å². The highest BCUT2D eigenvalue weighted by Crippen LogP contribution is 2.21. The van der Waals surface area contributed by atoms with E-state index in [9.17, 15) is 20.0 Å². The number of hydrogen-bond donors (Lipinski definition) is 1. The monoisotopic (exact) mass is 393 g/mol. The van der Waals surface area contributed by atoms with E-state index >= 15 is 0 Å². The Labute approximate surface area is 168 Å². The molecule has 2 aromatic carbocycles. The molecule has 0 unspecified atom stereocenters. The zero-order chi connectivity index (χ0) is 21.1. The first-order valence-corrected chi connectivity index (χ1v) is 9.08. The number of non-ortho nitro benzene ring substituents is 1. The van der Waals surface area contributed by atoms with Crippen molar-refractivity contribution >= 4 is 11.6 Å². The predicted octanol–water partition coefficient (Wildman–Crippen LogP) is 2.77. The second-order valence-electron chi connectivity index (χ2n) is 6.92. The van der Waals surface area contributed by atoms with Gasteiger partial charge in [0.25, 0.3) is 11.6 Å². The summed E-state index contributed by atoms with van der Waals surface area (Å²) in [5, 5.41) is 29.9. The number of nitro benzene ring substituents is 1. The number of carbonyl (C=O) groups excluding carboxylic acids is 1. The fourth-order valence-corrected chi connectivity index (χ4v) is 3.13. The molecule has 8 nitrogen and oxygen atoms in total. The van der Waals surface area contributed by atoms with Crippen LogP contribution in [0.2, 0.25) is 0 Å². The first-order chi connectivity index (χ1) is 13.8. The molecular weight excluding hydrogens is 372 g/mol. The van der Waals surface area contributed by atoms with Crippen molar-refractivity contribution in [1.82, 2.24) is 15.1 Å². The second kappa shape index (κ2) is 8.14. The van der Waals surface area contributed by atoms with Crippen LogP contribution < -0.4 is 10.4 Å². The van der Waals surface area contributed by atoms with Crippen LogP contribution in [0.4, 0.5) is 5.69 Å². The molecule has 0 radical (unpaired) electrons. The number of nitrogens with zero attached hydrogens (tertiary/aromatic N) is 3. The Morgan fingerprint density at radius 1 is 1.14 bits per heavy atom. The van der Waals surface area contributed by atoms with Gasteiger partial charge >= 0.3 is 0 Å². The molecule has 3 aromatic rings. The summed E-state index contributed by atoms with van der Waals surface area (Å²) in [5.74, 6) is -0.736. The van der Waals surface area contributed by atoms with E-state index in [0.717, 1.165) is 17.7 Å². The van der Waals surface area contributed by atoms with Crippen molar-refractivity contribution in [2.24, 2.45) is 0 Å². The molecule has 0 saturated carbocycles. The largest absolute Gasteiger partial charge is 0.872 e. The average molecular weight is 393 g/mol. The Balaban J connectivity index is 1.76. The van der Waals surface area contributed by atoms with Gasteiger partial charge in [0.05, 0.1) is 22.7 Å².